The second-order valence-electron chi connectivity index (χ2n) is 3.86. The largest absolute Gasteiger partial charge is 4.00 e. The van der Waals surface area contributed by atoms with E-state index in [4.69, 9.17) is 0 Å². The molecule has 0 atom stereocenters. The monoisotopic (exact) mass is 346 g/mol. The summed E-state index contributed by atoms with van der Waals surface area (Å²) in [5, 5.41) is 0. The minimum atomic E-state index is 0. The summed E-state index contributed by atoms with van der Waals surface area (Å²) in [5.41, 5.74) is 5.50. The Kier molecular flexibility index (Phi) is 14.8. The van der Waals surface area contributed by atoms with Gasteiger partial charge in [-0.3, -0.25) is 0 Å². The molecule has 0 amide bonds. The summed E-state index contributed by atoms with van der Waals surface area (Å²) >= 11 is 0. The maximum atomic E-state index is 2.17. The predicted molar refractivity (Wildman–Crippen MR) is 63.0 cm³/mol. The summed E-state index contributed by atoms with van der Waals surface area (Å²) in [5.74, 6) is 0. The molecule has 2 aromatic carbocycles. The van der Waals surface area contributed by atoms with E-state index in [1.54, 1.807) is 0 Å². The van der Waals surface area contributed by atoms with Crippen molar-refractivity contribution < 1.29 is 51.0 Å². The molecule has 0 radical (unpaired) electrons. The normalized spacial score (nSPS) is 7.76. The number of aryl methyl sites for hydroxylation is 4. The van der Waals surface area contributed by atoms with Crippen molar-refractivity contribution in [3.63, 3.8) is 0 Å². The Bertz CT molecular complexity index is 355. The van der Waals surface area contributed by atoms with Crippen LogP contribution in [0.5, 0.6) is 0 Å². The summed E-state index contributed by atoms with van der Waals surface area (Å²) in [6.07, 6.45) is 0. The molecule has 0 saturated carbocycles. The first-order valence-electron chi connectivity index (χ1n) is 4.98. The molecule has 0 saturated heterocycles. The van der Waals surface area contributed by atoms with Crippen LogP contribution in [-0.2, 0) is 26.2 Å². The summed E-state index contributed by atoms with van der Waals surface area (Å²) in [6.45, 7) is 8.45. The van der Waals surface area contributed by atoms with Crippen LogP contribution in [0.2, 0.25) is 0 Å². The smallest absolute Gasteiger partial charge is 1.00 e. The maximum absolute atomic E-state index is 2.17. The molecular formula is C14H18Cl2Zr. The van der Waals surface area contributed by atoms with E-state index < -0.39 is 0 Å². The molecule has 0 bridgehead atoms. The molecule has 0 N–H and O–H groups in total. The van der Waals surface area contributed by atoms with Gasteiger partial charge < -0.3 is 24.8 Å². The molecule has 0 spiro atoms. The van der Waals surface area contributed by atoms with E-state index in [0.29, 0.717) is 0 Å². The van der Waals surface area contributed by atoms with E-state index in [0.717, 1.165) is 0 Å². The topological polar surface area (TPSA) is 0 Å². The molecule has 0 aliphatic heterocycles. The van der Waals surface area contributed by atoms with Crippen molar-refractivity contribution in [1.29, 1.82) is 0 Å². The first-order valence-corrected chi connectivity index (χ1v) is 4.98. The molecule has 2 rings (SSSR count). The maximum Gasteiger partial charge on any atom is 4.00 e. The summed E-state index contributed by atoms with van der Waals surface area (Å²) in [6, 6.07) is 12.7. The molecule has 0 aliphatic carbocycles. The van der Waals surface area contributed by atoms with Gasteiger partial charge in [0.2, 0.25) is 0 Å². The quantitative estimate of drug-likeness (QED) is 0.486. The van der Waals surface area contributed by atoms with Gasteiger partial charge in [-0.15, -0.1) is 0 Å². The van der Waals surface area contributed by atoms with Gasteiger partial charge in [0.05, 0.1) is 0 Å². The van der Waals surface area contributed by atoms with E-state index in [9.17, 15) is 0 Å². The van der Waals surface area contributed by atoms with Crippen LogP contribution in [0.3, 0.4) is 0 Å². The Labute approximate surface area is 136 Å². The van der Waals surface area contributed by atoms with E-state index in [2.05, 4.69) is 64.1 Å². The average Bonchev–Trinajstić information content (AvgIpc) is 2.65. The first-order chi connectivity index (χ1) is 6.59. The van der Waals surface area contributed by atoms with E-state index in [1.165, 1.54) is 22.3 Å². The first kappa shape index (κ1) is 22.4. The Hall–Kier alpha value is 0.163. The summed E-state index contributed by atoms with van der Waals surface area (Å²) in [7, 11) is 0. The van der Waals surface area contributed by atoms with Gasteiger partial charge in [0.15, 0.2) is 0 Å². The van der Waals surface area contributed by atoms with Crippen molar-refractivity contribution >= 4 is 0 Å². The van der Waals surface area contributed by atoms with Gasteiger partial charge >= 0.3 is 26.2 Å². The molecule has 3 heteroatoms. The van der Waals surface area contributed by atoms with Crippen LogP contribution in [0.25, 0.3) is 0 Å². The average molecular weight is 348 g/mol. The van der Waals surface area contributed by atoms with Gasteiger partial charge in [-0.2, -0.15) is 34.9 Å². The number of halogens is 2. The number of hydrogen-bond acceptors (Lipinski definition) is 0. The molecular weight excluding hydrogens is 330 g/mol. The van der Waals surface area contributed by atoms with Crippen LogP contribution in [0.4, 0.5) is 0 Å². The zero-order valence-electron chi connectivity index (χ0n) is 10.7. The van der Waals surface area contributed by atoms with Crippen molar-refractivity contribution in [1.82, 2.24) is 0 Å². The molecule has 0 unspecified atom stereocenters. The second kappa shape index (κ2) is 11.3. The van der Waals surface area contributed by atoms with Gasteiger partial charge in [0.25, 0.3) is 0 Å². The minimum absolute atomic E-state index is 0. The van der Waals surface area contributed by atoms with Gasteiger partial charge in [0, 0.05) is 0 Å². The van der Waals surface area contributed by atoms with Crippen molar-refractivity contribution in [3.05, 3.63) is 58.7 Å². The SMILES string of the molecule is Cc1cc[c-](C)c1.Cc1ccc[c-]1C.[Cl-].[Cl-].[Zr+4]. The molecule has 0 nitrogen and oxygen atoms in total. The Balaban J connectivity index is -0.000000196. The fourth-order valence-electron chi connectivity index (χ4n) is 1.32. The Morgan fingerprint density at radius 1 is 0.941 bits per heavy atom. The zero-order valence-corrected chi connectivity index (χ0v) is 14.7. The molecule has 17 heavy (non-hydrogen) atoms. The fraction of sp³-hybridized carbons (Fsp3) is 0.286. The second-order valence-corrected chi connectivity index (χ2v) is 3.86. The standard InChI is InChI=1S/2C7H9.2ClH.Zr/c1-6-3-4-7(2)5-6;1-6-4-3-5-7(6)2;;;/h2*3-5H,1-2H3;2*1H;/q2*-1;;;+4/p-2. The van der Waals surface area contributed by atoms with Crippen LogP contribution in [0, 0.1) is 27.7 Å². The van der Waals surface area contributed by atoms with Crippen LogP contribution in [0.1, 0.15) is 22.3 Å². The third-order valence-corrected chi connectivity index (χ3v) is 2.38. The summed E-state index contributed by atoms with van der Waals surface area (Å²) in [4.78, 5) is 0. The van der Waals surface area contributed by atoms with Crippen molar-refractivity contribution in [3.8, 4) is 0 Å². The number of rotatable bonds is 0. The van der Waals surface area contributed by atoms with E-state index >= 15 is 0 Å². The number of hydrogen-bond donors (Lipinski definition) is 0. The molecule has 0 aromatic heterocycles. The Morgan fingerprint density at radius 2 is 1.53 bits per heavy atom. The van der Waals surface area contributed by atoms with Gasteiger partial charge in [-0.1, -0.05) is 27.7 Å². The molecule has 0 fully saturated rings. The van der Waals surface area contributed by atoms with Gasteiger partial charge in [-0.25, -0.2) is 23.8 Å². The van der Waals surface area contributed by atoms with Crippen LogP contribution in [0.15, 0.2) is 36.4 Å². The van der Waals surface area contributed by atoms with Crippen molar-refractivity contribution in [2.45, 2.75) is 27.7 Å². The minimum Gasteiger partial charge on any atom is -1.00 e. The molecule has 0 heterocycles. The summed E-state index contributed by atoms with van der Waals surface area (Å²) < 4.78 is 0. The van der Waals surface area contributed by atoms with Crippen LogP contribution in [-0.4, -0.2) is 0 Å². The van der Waals surface area contributed by atoms with E-state index in [1.807, 2.05) is 0 Å². The third kappa shape index (κ3) is 8.83. The Morgan fingerprint density at radius 3 is 1.65 bits per heavy atom. The third-order valence-electron chi connectivity index (χ3n) is 2.38. The van der Waals surface area contributed by atoms with Gasteiger partial charge in [-0.05, 0) is 0 Å². The van der Waals surface area contributed by atoms with E-state index in [-0.39, 0.29) is 51.0 Å². The van der Waals surface area contributed by atoms with Gasteiger partial charge in [0.1, 0.15) is 0 Å². The molecule has 92 valence electrons. The fourth-order valence-corrected chi connectivity index (χ4v) is 1.32. The van der Waals surface area contributed by atoms with Crippen LogP contribution < -0.4 is 24.8 Å². The van der Waals surface area contributed by atoms with Crippen LogP contribution >= 0.6 is 0 Å². The molecule has 0 aliphatic rings. The van der Waals surface area contributed by atoms with Crippen molar-refractivity contribution in [2.24, 2.45) is 0 Å². The molecule has 2 aromatic rings. The predicted octanol–water partition coefficient (Wildman–Crippen LogP) is -1.95. The van der Waals surface area contributed by atoms with Crippen molar-refractivity contribution in [2.75, 3.05) is 0 Å². The zero-order chi connectivity index (χ0) is 10.6.